The third-order valence-electron chi connectivity index (χ3n) is 5.96. The molecule has 1 heterocycles. The summed E-state index contributed by atoms with van der Waals surface area (Å²) in [5.41, 5.74) is -6.37. The van der Waals surface area contributed by atoms with Gasteiger partial charge in [0.05, 0.1) is 29.9 Å². The molecule has 0 aliphatic carbocycles. The molecule has 3 aromatic carbocycles. The van der Waals surface area contributed by atoms with E-state index in [4.69, 9.17) is 16.3 Å². The predicted octanol–water partition coefficient (Wildman–Crippen LogP) is 7.05. The van der Waals surface area contributed by atoms with E-state index in [0.717, 1.165) is 12.7 Å². The zero-order valence-corrected chi connectivity index (χ0v) is 19.9. The molecule has 1 aliphatic rings. The molecule has 0 unspecified atom stereocenters. The van der Waals surface area contributed by atoms with Crippen molar-refractivity contribution in [1.29, 1.82) is 0 Å². The number of alkyl halides is 7. The van der Waals surface area contributed by atoms with Crippen molar-refractivity contribution in [1.82, 2.24) is 0 Å². The number of carbonyl (C=O) groups is 2. The fraction of sp³-hybridized carbons (Fsp3) is 0.200. The Morgan fingerprint density at radius 2 is 1.61 bits per heavy atom. The molecule has 2 amide bonds. The highest BCUT2D eigenvalue weighted by Gasteiger charge is 2.73. The molecule has 1 aliphatic heterocycles. The minimum atomic E-state index is -6.32. The molecule has 0 spiro atoms. The molecule has 0 atom stereocenters. The van der Waals surface area contributed by atoms with Crippen LogP contribution in [0.3, 0.4) is 0 Å². The van der Waals surface area contributed by atoms with Crippen molar-refractivity contribution < 1.29 is 45.1 Å². The second kappa shape index (κ2) is 9.50. The maximum atomic E-state index is 14.4. The Morgan fingerprint density at radius 3 is 2.21 bits per heavy atom. The molecule has 0 saturated heterocycles. The van der Waals surface area contributed by atoms with Crippen molar-refractivity contribution in [2.75, 3.05) is 17.3 Å². The van der Waals surface area contributed by atoms with E-state index in [1.54, 1.807) is 24.3 Å². The van der Waals surface area contributed by atoms with E-state index < -0.39 is 35.2 Å². The highest BCUT2D eigenvalue weighted by atomic mass is 35.5. The lowest BCUT2D eigenvalue weighted by molar-refractivity contribution is -0.348. The topological polar surface area (TPSA) is 58.6 Å². The molecule has 0 saturated carbocycles. The monoisotopic (exact) mass is 560 g/mol. The third kappa shape index (κ3) is 4.53. The first kappa shape index (κ1) is 27.2. The number of halogens is 8. The van der Waals surface area contributed by atoms with Gasteiger partial charge in [-0.25, -0.2) is 4.39 Å². The van der Waals surface area contributed by atoms with E-state index in [-0.39, 0.29) is 40.9 Å². The zero-order chi connectivity index (χ0) is 28.0. The molecule has 4 rings (SSSR count). The number of fused-ring (bicyclic) bond motifs is 1. The van der Waals surface area contributed by atoms with Gasteiger partial charge in [-0.05, 0) is 42.0 Å². The van der Waals surface area contributed by atoms with Crippen LogP contribution in [0.5, 0.6) is 5.75 Å². The van der Waals surface area contributed by atoms with Crippen LogP contribution in [0.4, 0.5) is 42.1 Å². The number of hydrogen-bond donors (Lipinski definition) is 1. The van der Waals surface area contributed by atoms with E-state index in [1.807, 2.05) is 0 Å². The van der Waals surface area contributed by atoms with Gasteiger partial charge in [0.25, 0.3) is 11.8 Å². The van der Waals surface area contributed by atoms with Crippen LogP contribution in [0.15, 0.2) is 60.7 Å². The molecular weight excluding hydrogens is 545 g/mol. The standard InChI is InChI=1S/C25H16ClF7N2O3/c1-38-20-10-14(23(27,24(28,29)30)25(31,32)33)6-9-19(20)34-21(36)17-11-15(7-8-18(17)26)35-12-13-4-2-3-5-16(13)22(35)37/h2-11H,12H2,1H3,(H,34,36). The van der Waals surface area contributed by atoms with Crippen molar-refractivity contribution in [2.45, 2.75) is 24.6 Å². The number of carbonyl (C=O) groups excluding carboxylic acids is 2. The molecule has 5 nitrogen and oxygen atoms in total. The molecule has 0 aromatic heterocycles. The van der Waals surface area contributed by atoms with Crippen LogP contribution in [-0.4, -0.2) is 31.3 Å². The number of amides is 2. The van der Waals surface area contributed by atoms with Crippen LogP contribution in [0, 0.1) is 0 Å². The molecule has 13 heteroatoms. The molecule has 0 fully saturated rings. The summed E-state index contributed by atoms with van der Waals surface area (Å²) in [4.78, 5) is 27.2. The van der Waals surface area contributed by atoms with E-state index in [2.05, 4.69) is 5.32 Å². The summed E-state index contributed by atoms with van der Waals surface area (Å²) in [5, 5.41) is 2.23. The summed E-state index contributed by atoms with van der Waals surface area (Å²) >= 11 is 6.15. The molecule has 0 bridgehead atoms. The Kier molecular flexibility index (Phi) is 6.81. The summed E-state index contributed by atoms with van der Waals surface area (Å²) in [6.45, 7) is 0.233. The Bertz CT molecular complexity index is 1410. The van der Waals surface area contributed by atoms with Crippen LogP contribution in [-0.2, 0) is 12.2 Å². The van der Waals surface area contributed by atoms with Crippen LogP contribution in [0.1, 0.15) is 31.8 Å². The van der Waals surface area contributed by atoms with Gasteiger partial charge in [0.1, 0.15) is 5.75 Å². The van der Waals surface area contributed by atoms with Gasteiger partial charge in [0.2, 0.25) is 0 Å². The maximum absolute atomic E-state index is 14.4. The lowest BCUT2D eigenvalue weighted by Crippen LogP contribution is -2.50. The smallest absolute Gasteiger partial charge is 0.435 e. The summed E-state index contributed by atoms with van der Waals surface area (Å²) < 4.78 is 98.1. The summed E-state index contributed by atoms with van der Waals surface area (Å²) in [5.74, 6) is -1.88. The summed E-state index contributed by atoms with van der Waals surface area (Å²) in [7, 11) is 0.917. The first-order valence-corrected chi connectivity index (χ1v) is 11.1. The molecule has 1 N–H and O–H groups in total. The Hall–Kier alpha value is -3.80. The number of hydrogen-bond acceptors (Lipinski definition) is 3. The van der Waals surface area contributed by atoms with Gasteiger partial charge >= 0.3 is 18.0 Å². The van der Waals surface area contributed by atoms with Crippen LogP contribution in [0.25, 0.3) is 0 Å². The van der Waals surface area contributed by atoms with E-state index >= 15 is 0 Å². The number of nitrogens with one attached hydrogen (secondary N) is 1. The van der Waals surface area contributed by atoms with Gasteiger partial charge in [0, 0.05) is 16.8 Å². The van der Waals surface area contributed by atoms with Crippen molar-refractivity contribution in [3.05, 3.63) is 87.9 Å². The van der Waals surface area contributed by atoms with E-state index in [0.29, 0.717) is 17.3 Å². The average molecular weight is 561 g/mol. The Labute approximate surface area is 215 Å². The van der Waals surface area contributed by atoms with Crippen molar-refractivity contribution in [3.8, 4) is 5.75 Å². The first-order chi connectivity index (χ1) is 17.7. The lowest BCUT2D eigenvalue weighted by Gasteiger charge is -2.30. The molecular formula is C25H16ClF7N2O3. The maximum Gasteiger partial charge on any atom is 0.435 e. The second-order valence-corrected chi connectivity index (χ2v) is 8.64. The largest absolute Gasteiger partial charge is 0.495 e. The van der Waals surface area contributed by atoms with Gasteiger partial charge in [-0.15, -0.1) is 0 Å². The van der Waals surface area contributed by atoms with Gasteiger partial charge < -0.3 is 15.0 Å². The van der Waals surface area contributed by atoms with Crippen molar-refractivity contribution >= 4 is 34.8 Å². The minimum absolute atomic E-state index is 0.0529. The highest BCUT2D eigenvalue weighted by Crippen LogP contribution is 2.54. The number of ether oxygens (including phenoxy) is 1. The van der Waals surface area contributed by atoms with Gasteiger partial charge in [-0.3, -0.25) is 9.59 Å². The Balaban J connectivity index is 1.64. The van der Waals surface area contributed by atoms with Crippen LogP contribution < -0.4 is 15.0 Å². The molecule has 38 heavy (non-hydrogen) atoms. The number of nitrogens with zero attached hydrogens (tertiary/aromatic N) is 1. The average Bonchev–Trinajstić information content (AvgIpc) is 3.19. The zero-order valence-electron chi connectivity index (χ0n) is 19.2. The fourth-order valence-corrected chi connectivity index (χ4v) is 4.21. The Morgan fingerprint density at radius 1 is 0.947 bits per heavy atom. The number of rotatable bonds is 5. The van der Waals surface area contributed by atoms with Crippen LogP contribution in [0.2, 0.25) is 5.02 Å². The number of anilines is 2. The van der Waals surface area contributed by atoms with E-state index in [1.165, 1.54) is 23.1 Å². The normalized spacial score (nSPS) is 13.9. The number of methoxy groups -OCH3 is 1. The molecule has 0 radical (unpaired) electrons. The lowest BCUT2D eigenvalue weighted by atomic mass is 9.93. The predicted molar refractivity (Wildman–Crippen MR) is 124 cm³/mol. The molecule has 200 valence electrons. The first-order valence-electron chi connectivity index (χ1n) is 10.7. The summed E-state index contributed by atoms with van der Waals surface area (Å²) in [6.07, 6.45) is -12.6. The van der Waals surface area contributed by atoms with Crippen molar-refractivity contribution in [3.63, 3.8) is 0 Å². The van der Waals surface area contributed by atoms with Crippen LogP contribution >= 0.6 is 11.6 Å². The summed E-state index contributed by atoms with van der Waals surface area (Å²) in [6, 6.07) is 12.2. The van der Waals surface area contributed by atoms with Crippen molar-refractivity contribution in [2.24, 2.45) is 0 Å². The quantitative estimate of drug-likeness (QED) is 0.340. The van der Waals surface area contributed by atoms with E-state index in [9.17, 15) is 40.3 Å². The van der Waals surface area contributed by atoms with Gasteiger partial charge in [0.15, 0.2) is 0 Å². The minimum Gasteiger partial charge on any atom is -0.495 e. The highest BCUT2D eigenvalue weighted by molar-refractivity contribution is 6.34. The molecule has 3 aromatic rings. The SMILES string of the molecule is COc1cc(C(F)(C(F)(F)F)C(F)(F)F)ccc1NC(=O)c1cc(N2Cc3ccccc3C2=O)ccc1Cl. The number of benzene rings is 3. The second-order valence-electron chi connectivity index (χ2n) is 8.24. The third-order valence-corrected chi connectivity index (χ3v) is 6.29. The van der Waals surface area contributed by atoms with Gasteiger partial charge in [-0.1, -0.05) is 35.9 Å². The fourth-order valence-electron chi connectivity index (χ4n) is 4.00. The van der Waals surface area contributed by atoms with Gasteiger partial charge in [-0.2, -0.15) is 26.3 Å².